The third-order valence-corrected chi connectivity index (χ3v) is 5.65. The maximum absolute atomic E-state index is 12.8. The first-order valence-electron chi connectivity index (χ1n) is 9.83. The van der Waals surface area contributed by atoms with Gasteiger partial charge in [-0.25, -0.2) is 0 Å². The number of carbonyl (C=O) groups is 2. The molecule has 0 unspecified atom stereocenters. The number of nitrogens with one attached hydrogen (secondary N) is 5. The molecule has 3 atom stereocenters. The van der Waals surface area contributed by atoms with Crippen LogP contribution in [0.2, 0.25) is 0 Å². The van der Waals surface area contributed by atoms with Crippen molar-refractivity contribution in [3.63, 3.8) is 0 Å². The average Bonchev–Trinajstić information content (AvgIpc) is 2.61. The molecule has 0 aromatic heterocycles. The number of likely N-dealkylation sites (N-methyl/N-ethyl adjacent to an activating group) is 1. The molecule has 0 saturated heterocycles. The molecule has 0 aromatic carbocycles. The van der Waals surface area contributed by atoms with Crippen molar-refractivity contribution in [3.05, 3.63) is 0 Å². The molecule has 2 amide bonds. The topological polar surface area (TPSA) is 190 Å². The molecule has 29 heavy (non-hydrogen) atoms. The van der Waals surface area contributed by atoms with Crippen LogP contribution in [-0.4, -0.2) is 59.0 Å². The largest absolute Gasteiger partial charge is 0.370 e. The monoisotopic (exact) mass is 436 g/mol. The summed E-state index contributed by atoms with van der Waals surface area (Å²) in [5.74, 6) is -1.97. The van der Waals surface area contributed by atoms with Crippen molar-refractivity contribution in [2.45, 2.75) is 70.7 Å². The molecule has 0 rings (SSSR count). The number of unbranched alkanes of at least 4 members (excludes halogenated alkanes) is 1. The van der Waals surface area contributed by atoms with Crippen LogP contribution in [0.5, 0.6) is 0 Å². The number of nitrogens with two attached hydrogens (primary N) is 1. The Morgan fingerprint density at radius 2 is 1.76 bits per heavy atom. The molecule has 0 fully saturated rings. The number of hydrogen-bond donors (Lipinski definition) is 8. The van der Waals surface area contributed by atoms with Crippen molar-refractivity contribution >= 4 is 25.4 Å². The predicted molar refractivity (Wildman–Crippen MR) is 112 cm³/mol. The van der Waals surface area contributed by atoms with Gasteiger partial charge in [0.15, 0.2) is 5.96 Å². The predicted octanol–water partition coefficient (Wildman–Crippen LogP) is -0.211. The summed E-state index contributed by atoms with van der Waals surface area (Å²) in [5.41, 5.74) is 5.21. The molecule has 9 N–H and O–H groups in total. The highest BCUT2D eigenvalue weighted by Gasteiger charge is 2.33. The van der Waals surface area contributed by atoms with E-state index in [4.69, 9.17) is 11.1 Å². The summed E-state index contributed by atoms with van der Waals surface area (Å²) < 4.78 is 11.6. The first-order valence-corrected chi connectivity index (χ1v) is 11.5. The van der Waals surface area contributed by atoms with Crippen LogP contribution in [-0.2, 0) is 14.2 Å². The van der Waals surface area contributed by atoms with Crippen LogP contribution >= 0.6 is 7.60 Å². The Labute approximate surface area is 172 Å². The molecule has 0 aliphatic heterocycles. The van der Waals surface area contributed by atoms with Crippen LogP contribution in [0.25, 0.3) is 0 Å². The number of rotatable bonds is 14. The van der Waals surface area contributed by atoms with Gasteiger partial charge in [0.2, 0.25) is 11.8 Å². The standard InChI is InChI=1S/C17H37N6O5P/c1-5-14(29(26,27)28)22-13(10-11(2)3)16(25)23-12(15(24)20-4)8-6-7-9-21-17(18)19/h11-14,22H,5-10H2,1-4H3,(H,20,24)(H,23,25)(H4,18,19,21)(H2,26,27,28)/t12-,13-,14-/m0/s1. The summed E-state index contributed by atoms with van der Waals surface area (Å²) in [6, 6.07) is -1.60. The SMILES string of the molecule is CC[C@@H](N[C@@H](CC(C)C)C(=O)N[C@@H](CCCCNC(=N)N)C(=O)NC)P(=O)(O)O. The number of hydrogen-bond acceptors (Lipinski definition) is 5. The summed E-state index contributed by atoms with van der Waals surface area (Å²) in [5, 5.41) is 17.8. The minimum absolute atomic E-state index is 0.101. The molecule has 0 aromatic rings. The van der Waals surface area contributed by atoms with E-state index in [9.17, 15) is 23.9 Å². The normalized spacial score (nSPS) is 14.7. The highest BCUT2D eigenvalue weighted by molar-refractivity contribution is 7.52. The van der Waals surface area contributed by atoms with Crippen LogP contribution in [0.1, 0.15) is 52.9 Å². The van der Waals surface area contributed by atoms with Gasteiger partial charge in [0.05, 0.1) is 6.04 Å². The lowest BCUT2D eigenvalue weighted by Crippen LogP contribution is -2.54. The molecule has 0 heterocycles. The Kier molecular flexibility index (Phi) is 12.7. The second-order valence-electron chi connectivity index (χ2n) is 7.37. The van der Waals surface area contributed by atoms with Gasteiger partial charge in [-0.15, -0.1) is 0 Å². The zero-order valence-corrected chi connectivity index (χ0v) is 18.6. The number of guanidine groups is 1. The molecule has 0 spiro atoms. The Morgan fingerprint density at radius 3 is 2.21 bits per heavy atom. The van der Waals surface area contributed by atoms with E-state index < -0.39 is 31.4 Å². The van der Waals surface area contributed by atoms with Crippen LogP contribution < -0.4 is 27.0 Å². The maximum atomic E-state index is 12.8. The van der Waals surface area contributed by atoms with Gasteiger partial charge in [-0.1, -0.05) is 20.8 Å². The van der Waals surface area contributed by atoms with E-state index >= 15 is 0 Å². The molecule has 170 valence electrons. The molecule has 12 heteroatoms. The third-order valence-electron chi connectivity index (χ3n) is 4.32. The second kappa shape index (κ2) is 13.5. The number of amides is 2. The lowest BCUT2D eigenvalue weighted by atomic mass is 10.0. The van der Waals surface area contributed by atoms with Gasteiger partial charge in [-0.05, 0) is 38.0 Å². The van der Waals surface area contributed by atoms with Crippen molar-refractivity contribution < 1.29 is 23.9 Å². The van der Waals surface area contributed by atoms with Crippen molar-refractivity contribution in [3.8, 4) is 0 Å². The van der Waals surface area contributed by atoms with Gasteiger partial charge < -0.3 is 31.5 Å². The molecule has 0 aliphatic rings. The van der Waals surface area contributed by atoms with Gasteiger partial charge in [-0.2, -0.15) is 0 Å². The van der Waals surface area contributed by atoms with Crippen LogP contribution in [0.3, 0.4) is 0 Å². The summed E-state index contributed by atoms with van der Waals surface area (Å²) in [4.78, 5) is 43.9. The quantitative estimate of drug-likeness (QED) is 0.0794. The zero-order valence-electron chi connectivity index (χ0n) is 17.7. The lowest BCUT2D eigenvalue weighted by molar-refractivity contribution is -0.130. The Balaban J connectivity index is 5.08. The molecule has 0 radical (unpaired) electrons. The zero-order chi connectivity index (χ0) is 22.6. The van der Waals surface area contributed by atoms with Crippen molar-refractivity contribution in [1.82, 2.24) is 21.3 Å². The third kappa shape index (κ3) is 11.8. The van der Waals surface area contributed by atoms with E-state index in [0.717, 1.165) is 0 Å². The summed E-state index contributed by atoms with van der Waals surface area (Å²) >= 11 is 0. The summed E-state index contributed by atoms with van der Waals surface area (Å²) in [6.07, 6.45) is 2.18. The molecule has 11 nitrogen and oxygen atoms in total. The lowest BCUT2D eigenvalue weighted by Gasteiger charge is -2.28. The van der Waals surface area contributed by atoms with Gasteiger partial charge in [-0.3, -0.25) is 24.9 Å². The highest BCUT2D eigenvalue weighted by atomic mass is 31.2. The van der Waals surface area contributed by atoms with E-state index in [1.165, 1.54) is 7.05 Å². The van der Waals surface area contributed by atoms with Crippen LogP contribution in [0.4, 0.5) is 0 Å². The summed E-state index contributed by atoms with van der Waals surface area (Å²) in [6.45, 7) is 5.92. The van der Waals surface area contributed by atoms with Gasteiger partial charge in [0.25, 0.3) is 0 Å². The van der Waals surface area contributed by atoms with Crippen molar-refractivity contribution in [2.24, 2.45) is 11.7 Å². The summed E-state index contributed by atoms with van der Waals surface area (Å²) in [7, 11) is -2.93. The minimum atomic E-state index is -4.41. The van der Waals surface area contributed by atoms with Gasteiger partial charge in [0, 0.05) is 13.6 Å². The highest BCUT2D eigenvalue weighted by Crippen LogP contribution is 2.41. The fourth-order valence-corrected chi connectivity index (χ4v) is 3.67. The Bertz CT molecular complexity index is 583. The molecule has 0 saturated carbocycles. The van der Waals surface area contributed by atoms with Crippen molar-refractivity contribution in [2.75, 3.05) is 13.6 Å². The van der Waals surface area contributed by atoms with Gasteiger partial charge >= 0.3 is 7.60 Å². The van der Waals surface area contributed by atoms with E-state index in [2.05, 4.69) is 21.3 Å². The smallest absolute Gasteiger partial charge is 0.342 e. The van der Waals surface area contributed by atoms with E-state index in [0.29, 0.717) is 32.2 Å². The minimum Gasteiger partial charge on any atom is -0.370 e. The average molecular weight is 436 g/mol. The first kappa shape index (κ1) is 27.3. The Morgan fingerprint density at radius 1 is 1.14 bits per heavy atom. The second-order valence-corrected chi connectivity index (χ2v) is 9.18. The van der Waals surface area contributed by atoms with Crippen LogP contribution in [0.15, 0.2) is 0 Å². The fraction of sp³-hybridized carbons (Fsp3) is 0.824. The van der Waals surface area contributed by atoms with E-state index in [1.54, 1.807) is 6.92 Å². The molecule has 0 bridgehead atoms. The number of carbonyl (C=O) groups excluding carboxylic acids is 2. The van der Waals surface area contributed by atoms with Gasteiger partial charge in [0.1, 0.15) is 11.8 Å². The van der Waals surface area contributed by atoms with E-state index in [-0.39, 0.29) is 24.2 Å². The molecule has 0 aliphatic carbocycles. The van der Waals surface area contributed by atoms with Crippen molar-refractivity contribution in [1.29, 1.82) is 5.41 Å². The maximum Gasteiger partial charge on any atom is 0.342 e. The fourth-order valence-electron chi connectivity index (χ4n) is 2.82. The Hall–Kier alpha value is -1.68. The van der Waals surface area contributed by atoms with E-state index in [1.807, 2.05) is 13.8 Å². The molecular formula is C17H37N6O5P. The first-order chi connectivity index (χ1) is 13.4. The van der Waals surface area contributed by atoms with Crippen LogP contribution in [0, 0.1) is 11.3 Å². The molecular weight excluding hydrogens is 399 g/mol.